The molecule has 3 heterocycles. The quantitative estimate of drug-likeness (QED) is 0.562. The first-order valence-corrected chi connectivity index (χ1v) is 9.65. The Bertz CT molecular complexity index is 1220. The standard InChI is InChI=1S/C21H19FN6O2/c1-30-14-5-7-16-17(12-14)26-20(25-16)18-3-2-10-27(18)21(29)15-6-4-13(22)11-19(15)28-23-8-9-24-28/h4-9,11-12,18H,2-3,10H2,1H3,(H,25,26). The lowest BCUT2D eigenvalue weighted by Gasteiger charge is -2.24. The van der Waals surface area contributed by atoms with Crippen LogP contribution in [0.4, 0.5) is 4.39 Å². The van der Waals surface area contributed by atoms with Crippen LogP contribution < -0.4 is 4.74 Å². The molecule has 5 rings (SSSR count). The van der Waals surface area contributed by atoms with Gasteiger partial charge < -0.3 is 14.6 Å². The summed E-state index contributed by atoms with van der Waals surface area (Å²) < 4.78 is 19.2. The second-order valence-electron chi connectivity index (χ2n) is 7.14. The monoisotopic (exact) mass is 406 g/mol. The summed E-state index contributed by atoms with van der Waals surface area (Å²) in [5, 5.41) is 8.11. The molecule has 30 heavy (non-hydrogen) atoms. The van der Waals surface area contributed by atoms with Gasteiger partial charge in [-0.1, -0.05) is 0 Å². The van der Waals surface area contributed by atoms with Crippen molar-refractivity contribution in [2.45, 2.75) is 18.9 Å². The molecule has 4 aromatic rings. The molecular weight excluding hydrogens is 387 g/mol. The molecule has 152 valence electrons. The number of aromatic amines is 1. The van der Waals surface area contributed by atoms with Crippen LogP contribution in [0.3, 0.4) is 0 Å². The first-order valence-electron chi connectivity index (χ1n) is 9.65. The number of rotatable bonds is 4. The van der Waals surface area contributed by atoms with E-state index in [1.807, 2.05) is 18.2 Å². The van der Waals surface area contributed by atoms with Crippen LogP contribution in [-0.4, -0.2) is 49.4 Å². The van der Waals surface area contributed by atoms with Gasteiger partial charge in [-0.05, 0) is 37.1 Å². The average Bonchev–Trinajstić information content (AvgIpc) is 3.52. The van der Waals surface area contributed by atoms with E-state index in [0.717, 1.165) is 35.4 Å². The van der Waals surface area contributed by atoms with E-state index in [1.165, 1.54) is 35.4 Å². The van der Waals surface area contributed by atoms with Crippen LogP contribution in [0.2, 0.25) is 0 Å². The fourth-order valence-electron chi connectivity index (χ4n) is 3.93. The summed E-state index contributed by atoms with van der Waals surface area (Å²) >= 11 is 0. The molecule has 1 aliphatic rings. The number of ether oxygens (including phenoxy) is 1. The SMILES string of the molecule is COc1ccc2nc(C3CCCN3C(=O)c3ccc(F)cc3-n3nccn3)[nH]c2c1. The summed E-state index contributed by atoms with van der Waals surface area (Å²) in [6.45, 7) is 0.590. The van der Waals surface area contributed by atoms with Crippen molar-refractivity contribution in [1.29, 1.82) is 0 Å². The number of carbonyl (C=O) groups excluding carboxylic acids is 1. The number of benzene rings is 2. The third-order valence-corrected chi connectivity index (χ3v) is 5.36. The topological polar surface area (TPSA) is 88.9 Å². The lowest BCUT2D eigenvalue weighted by molar-refractivity contribution is 0.0730. The Hall–Kier alpha value is -3.75. The van der Waals surface area contributed by atoms with E-state index in [2.05, 4.69) is 20.2 Å². The molecule has 1 fully saturated rings. The Morgan fingerprint density at radius 1 is 1.20 bits per heavy atom. The van der Waals surface area contributed by atoms with Gasteiger partial charge in [0.05, 0.1) is 42.1 Å². The van der Waals surface area contributed by atoms with Gasteiger partial charge in [0.1, 0.15) is 23.1 Å². The van der Waals surface area contributed by atoms with Gasteiger partial charge in [0.2, 0.25) is 0 Å². The highest BCUT2D eigenvalue weighted by molar-refractivity contribution is 5.98. The molecule has 9 heteroatoms. The smallest absolute Gasteiger partial charge is 0.256 e. The molecule has 1 atom stereocenters. The number of hydrogen-bond donors (Lipinski definition) is 1. The van der Waals surface area contributed by atoms with Crippen LogP contribution in [-0.2, 0) is 0 Å². The van der Waals surface area contributed by atoms with Crippen molar-refractivity contribution in [3.63, 3.8) is 0 Å². The molecule has 1 aliphatic heterocycles. The number of nitrogens with one attached hydrogen (secondary N) is 1. The Labute approximate surface area is 171 Å². The van der Waals surface area contributed by atoms with Gasteiger partial charge in [-0.2, -0.15) is 15.0 Å². The average molecular weight is 406 g/mol. The van der Waals surface area contributed by atoms with Crippen LogP contribution >= 0.6 is 0 Å². The van der Waals surface area contributed by atoms with Gasteiger partial charge >= 0.3 is 0 Å². The molecule has 1 saturated heterocycles. The number of carbonyl (C=O) groups is 1. The number of aromatic nitrogens is 5. The first-order chi connectivity index (χ1) is 14.6. The maximum absolute atomic E-state index is 13.9. The molecule has 0 spiro atoms. The summed E-state index contributed by atoms with van der Waals surface area (Å²) in [6.07, 6.45) is 4.62. The zero-order valence-electron chi connectivity index (χ0n) is 16.2. The Kier molecular flexibility index (Phi) is 4.42. The van der Waals surface area contributed by atoms with E-state index < -0.39 is 5.82 Å². The number of H-pyrrole nitrogens is 1. The first kappa shape index (κ1) is 18.3. The number of methoxy groups -OCH3 is 1. The van der Waals surface area contributed by atoms with Crippen LogP contribution in [0.15, 0.2) is 48.8 Å². The van der Waals surface area contributed by atoms with Crippen molar-refractivity contribution in [1.82, 2.24) is 29.9 Å². The number of imidazole rings is 1. The van der Waals surface area contributed by atoms with E-state index in [-0.39, 0.29) is 11.9 Å². The van der Waals surface area contributed by atoms with Gasteiger partial charge in [-0.15, -0.1) is 0 Å². The minimum atomic E-state index is -0.456. The number of fused-ring (bicyclic) bond motifs is 1. The molecule has 2 aromatic carbocycles. The summed E-state index contributed by atoms with van der Waals surface area (Å²) in [7, 11) is 1.62. The van der Waals surface area contributed by atoms with Gasteiger partial charge in [-0.25, -0.2) is 9.37 Å². The molecular formula is C21H19FN6O2. The normalized spacial score (nSPS) is 16.3. The van der Waals surface area contributed by atoms with E-state index >= 15 is 0 Å². The van der Waals surface area contributed by atoms with Crippen LogP contribution in [0.25, 0.3) is 16.7 Å². The fraction of sp³-hybridized carbons (Fsp3) is 0.238. The number of nitrogens with zero attached hydrogens (tertiary/aromatic N) is 5. The molecule has 8 nitrogen and oxygen atoms in total. The lowest BCUT2D eigenvalue weighted by atomic mass is 10.1. The Morgan fingerprint density at radius 2 is 2.03 bits per heavy atom. The second-order valence-corrected chi connectivity index (χ2v) is 7.14. The number of hydrogen-bond acceptors (Lipinski definition) is 5. The van der Waals surface area contributed by atoms with Crippen molar-refractivity contribution in [3.05, 3.63) is 66.0 Å². The molecule has 1 N–H and O–H groups in total. The van der Waals surface area contributed by atoms with Crippen molar-refractivity contribution in [2.75, 3.05) is 13.7 Å². The fourth-order valence-corrected chi connectivity index (χ4v) is 3.93. The summed E-state index contributed by atoms with van der Waals surface area (Å²) in [5.41, 5.74) is 2.32. The van der Waals surface area contributed by atoms with E-state index in [1.54, 1.807) is 12.0 Å². The number of likely N-dealkylation sites (tertiary alicyclic amines) is 1. The van der Waals surface area contributed by atoms with E-state index in [4.69, 9.17) is 4.74 Å². The molecule has 0 saturated carbocycles. The highest BCUT2D eigenvalue weighted by Crippen LogP contribution is 2.34. The van der Waals surface area contributed by atoms with Crippen LogP contribution in [0, 0.1) is 5.82 Å². The molecule has 0 radical (unpaired) electrons. The maximum atomic E-state index is 13.9. The zero-order chi connectivity index (χ0) is 20.7. The lowest BCUT2D eigenvalue weighted by Crippen LogP contribution is -2.32. The predicted molar refractivity (Wildman–Crippen MR) is 107 cm³/mol. The second kappa shape index (κ2) is 7.25. The minimum absolute atomic E-state index is 0.195. The minimum Gasteiger partial charge on any atom is -0.497 e. The number of halogens is 1. The highest BCUT2D eigenvalue weighted by atomic mass is 19.1. The van der Waals surface area contributed by atoms with Gasteiger partial charge in [-0.3, -0.25) is 4.79 Å². The van der Waals surface area contributed by atoms with E-state index in [0.29, 0.717) is 17.8 Å². The van der Waals surface area contributed by atoms with Crippen molar-refractivity contribution < 1.29 is 13.9 Å². The van der Waals surface area contributed by atoms with Gasteiger partial charge in [0.25, 0.3) is 5.91 Å². The van der Waals surface area contributed by atoms with E-state index in [9.17, 15) is 9.18 Å². The van der Waals surface area contributed by atoms with Gasteiger partial charge in [0.15, 0.2) is 0 Å². The van der Waals surface area contributed by atoms with Crippen molar-refractivity contribution >= 4 is 16.9 Å². The Morgan fingerprint density at radius 3 is 2.83 bits per heavy atom. The molecule has 1 amide bonds. The maximum Gasteiger partial charge on any atom is 0.256 e. The van der Waals surface area contributed by atoms with Crippen molar-refractivity contribution in [3.8, 4) is 11.4 Å². The highest BCUT2D eigenvalue weighted by Gasteiger charge is 2.34. The third-order valence-electron chi connectivity index (χ3n) is 5.36. The van der Waals surface area contributed by atoms with Gasteiger partial charge in [0, 0.05) is 18.7 Å². The van der Waals surface area contributed by atoms with Crippen LogP contribution in [0.1, 0.15) is 35.1 Å². The number of amides is 1. The Balaban J connectivity index is 1.51. The van der Waals surface area contributed by atoms with Crippen molar-refractivity contribution in [2.24, 2.45) is 0 Å². The molecule has 1 unspecified atom stereocenters. The molecule has 0 aliphatic carbocycles. The molecule has 2 aromatic heterocycles. The molecule has 0 bridgehead atoms. The summed E-state index contributed by atoms with van der Waals surface area (Å²) in [4.78, 5) is 24.5. The largest absolute Gasteiger partial charge is 0.497 e. The summed E-state index contributed by atoms with van der Waals surface area (Å²) in [6, 6.07) is 9.46. The zero-order valence-corrected chi connectivity index (χ0v) is 16.2. The predicted octanol–water partition coefficient (Wildman–Crippen LogP) is 3.27. The summed E-state index contributed by atoms with van der Waals surface area (Å²) in [5.74, 6) is 0.801. The third kappa shape index (κ3) is 3.08. The van der Waals surface area contributed by atoms with Crippen LogP contribution in [0.5, 0.6) is 5.75 Å².